The standard InChI is InChI=1S/C24H27N7O/c1-3-5-10-22-27-31(15-6-4-2)24(32)30(22)17-18-11-13-19(14-12-18)20-8-7-9-21(16-20)23-25-28-29-26-23/h3,5,7-9,11-14,16H,4,6,10,15,17H2,1-2H3,(H,25,26,28,29)/b5-3+. The van der Waals surface area contributed by atoms with E-state index >= 15 is 0 Å². The first-order valence-electron chi connectivity index (χ1n) is 10.9. The molecule has 2 aromatic heterocycles. The maximum Gasteiger partial charge on any atom is 0.346 e. The molecular weight excluding hydrogens is 402 g/mol. The van der Waals surface area contributed by atoms with Crippen LogP contribution in [0.5, 0.6) is 0 Å². The second-order valence-corrected chi connectivity index (χ2v) is 7.65. The molecule has 32 heavy (non-hydrogen) atoms. The molecule has 0 unspecified atom stereocenters. The van der Waals surface area contributed by atoms with E-state index in [0.29, 0.717) is 25.3 Å². The smallest absolute Gasteiger partial charge is 0.274 e. The summed E-state index contributed by atoms with van der Waals surface area (Å²) >= 11 is 0. The number of aryl methyl sites for hydroxylation is 1. The fourth-order valence-electron chi connectivity index (χ4n) is 3.58. The Morgan fingerprint density at radius 2 is 1.88 bits per heavy atom. The van der Waals surface area contributed by atoms with E-state index in [9.17, 15) is 4.79 Å². The summed E-state index contributed by atoms with van der Waals surface area (Å²) in [6, 6.07) is 16.3. The molecule has 8 heteroatoms. The topological polar surface area (TPSA) is 94.3 Å². The van der Waals surface area contributed by atoms with Crippen LogP contribution in [0.1, 0.15) is 38.1 Å². The van der Waals surface area contributed by atoms with Crippen molar-refractivity contribution in [2.45, 2.75) is 46.2 Å². The number of unbranched alkanes of at least 4 members (excludes halogenated alkanes) is 1. The highest BCUT2D eigenvalue weighted by molar-refractivity contribution is 5.70. The molecule has 0 saturated heterocycles. The van der Waals surface area contributed by atoms with Crippen molar-refractivity contribution in [1.82, 2.24) is 35.0 Å². The third kappa shape index (κ3) is 4.74. The molecule has 0 amide bonds. The van der Waals surface area contributed by atoms with E-state index in [1.54, 1.807) is 9.25 Å². The molecule has 0 spiro atoms. The fourth-order valence-corrected chi connectivity index (χ4v) is 3.58. The van der Waals surface area contributed by atoms with Gasteiger partial charge in [0.05, 0.1) is 6.54 Å². The van der Waals surface area contributed by atoms with Crippen molar-refractivity contribution in [3.05, 3.63) is 82.6 Å². The third-order valence-corrected chi connectivity index (χ3v) is 5.35. The first kappa shape index (κ1) is 21.4. The average Bonchev–Trinajstić information content (AvgIpc) is 3.46. The fraction of sp³-hybridized carbons (Fsp3) is 0.292. The molecule has 1 N–H and O–H groups in total. The Bertz CT molecular complexity index is 1230. The number of rotatable bonds is 9. The molecule has 4 aromatic rings. The second-order valence-electron chi connectivity index (χ2n) is 7.65. The van der Waals surface area contributed by atoms with Crippen molar-refractivity contribution in [3.8, 4) is 22.5 Å². The van der Waals surface area contributed by atoms with Gasteiger partial charge < -0.3 is 0 Å². The Kier molecular flexibility index (Phi) is 6.69. The molecule has 0 aliphatic heterocycles. The van der Waals surface area contributed by atoms with Crippen LogP contribution in [0.3, 0.4) is 0 Å². The van der Waals surface area contributed by atoms with Crippen molar-refractivity contribution in [2.24, 2.45) is 0 Å². The van der Waals surface area contributed by atoms with Gasteiger partial charge in [0.1, 0.15) is 5.82 Å². The molecule has 0 saturated carbocycles. The van der Waals surface area contributed by atoms with Gasteiger partial charge in [0.15, 0.2) is 0 Å². The predicted octanol–water partition coefficient (Wildman–Crippen LogP) is 3.86. The molecule has 4 rings (SSSR count). The van der Waals surface area contributed by atoms with Crippen LogP contribution in [-0.2, 0) is 19.5 Å². The lowest BCUT2D eigenvalue weighted by atomic mass is 10.0. The van der Waals surface area contributed by atoms with Crippen LogP contribution >= 0.6 is 0 Å². The normalized spacial score (nSPS) is 11.4. The van der Waals surface area contributed by atoms with E-state index in [1.165, 1.54) is 0 Å². The van der Waals surface area contributed by atoms with Gasteiger partial charge in [-0.15, -0.1) is 10.2 Å². The monoisotopic (exact) mass is 429 g/mol. The van der Waals surface area contributed by atoms with Gasteiger partial charge in [-0.1, -0.05) is 68.0 Å². The molecule has 0 aliphatic carbocycles. The van der Waals surface area contributed by atoms with Crippen molar-refractivity contribution < 1.29 is 0 Å². The van der Waals surface area contributed by atoms with Gasteiger partial charge in [-0.2, -0.15) is 10.3 Å². The van der Waals surface area contributed by atoms with Gasteiger partial charge in [-0.05, 0) is 41.3 Å². The Labute approximate surface area is 186 Å². The van der Waals surface area contributed by atoms with Crippen molar-refractivity contribution >= 4 is 0 Å². The number of hydrogen-bond acceptors (Lipinski definition) is 5. The van der Waals surface area contributed by atoms with Crippen LogP contribution in [0.2, 0.25) is 0 Å². The molecular formula is C24H27N7O. The first-order chi connectivity index (χ1) is 15.7. The highest BCUT2D eigenvalue weighted by Crippen LogP contribution is 2.24. The third-order valence-electron chi connectivity index (χ3n) is 5.35. The number of aromatic amines is 1. The molecule has 0 bridgehead atoms. The summed E-state index contributed by atoms with van der Waals surface area (Å²) in [5.41, 5.74) is 4.06. The van der Waals surface area contributed by atoms with Gasteiger partial charge in [-0.3, -0.25) is 4.57 Å². The van der Waals surface area contributed by atoms with Gasteiger partial charge in [0.2, 0.25) is 5.82 Å². The van der Waals surface area contributed by atoms with E-state index in [4.69, 9.17) is 0 Å². The van der Waals surface area contributed by atoms with Crippen LogP contribution in [0.15, 0.2) is 65.5 Å². The summed E-state index contributed by atoms with van der Waals surface area (Å²) in [6.45, 7) is 5.24. The molecule has 0 aliphatic rings. The van der Waals surface area contributed by atoms with E-state index < -0.39 is 0 Å². The van der Waals surface area contributed by atoms with Crippen LogP contribution < -0.4 is 5.69 Å². The van der Waals surface area contributed by atoms with Crippen LogP contribution in [0, 0.1) is 0 Å². The SMILES string of the molecule is C/C=C/Cc1nn(CCCC)c(=O)n1Cc1ccc(-c2cccc(-c3nn[nH]n3)c2)cc1. The Morgan fingerprint density at radius 3 is 2.59 bits per heavy atom. The first-order valence-corrected chi connectivity index (χ1v) is 10.9. The van der Waals surface area contributed by atoms with Crippen molar-refractivity contribution in [2.75, 3.05) is 0 Å². The maximum absolute atomic E-state index is 12.9. The zero-order valence-electron chi connectivity index (χ0n) is 18.4. The molecule has 8 nitrogen and oxygen atoms in total. The number of benzene rings is 2. The van der Waals surface area contributed by atoms with Crippen LogP contribution in [0.25, 0.3) is 22.5 Å². The predicted molar refractivity (Wildman–Crippen MR) is 124 cm³/mol. The zero-order valence-corrected chi connectivity index (χ0v) is 18.4. The molecule has 164 valence electrons. The summed E-state index contributed by atoms with van der Waals surface area (Å²) in [4.78, 5) is 12.9. The molecule has 0 radical (unpaired) electrons. The largest absolute Gasteiger partial charge is 0.346 e. The Hall–Kier alpha value is -3.81. The van der Waals surface area contributed by atoms with Crippen molar-refractivity contribution in [1.29, 1.82) is 0 Å². The minimum atomic E-state index is -0.0464. The number of H-pyrrole nitrogens is 1. The van der Waals surface area contributed by atoms with Crippen LogP contribution in [0.4, 0.5) is 0 Å². The summed E-state index contributed by atoms with van der Waals surface area (Å²) in [5, 5.41) is 18.8. The van der Waals surface area contributed by atoms with Gasteiger partial charge in [0, 0.05) is 18.5 Å². The summed E-state index contributed by atoms with van der Waals surface area (Å²) in [5.74, 6) is 1.36. The van der Waals surface area contributed by atoms with E-state index in [-0.39, 0.29) is 5.69 Å². The van der Waals surface area contributed by atoms with Crippen LogP contribution in [-0.4, -0.2) is 35.0 Å². The molecule has 2 aromatic carbocycles. The summed E-state index contributed by atoms with van der Waals surface area (Å²) in [6.07, 6.45) is 6.63. The van der Waals surface area contributed by atoms with E-state index in [0.717, 1.165) is 40.9 Å². The zero-order chi connectivity index (χ0) is 22.3. The van der Waals surface area contributed by atoms with Gasteiger partial charge in [-0.25, -0.2) is 9.48 Å². The minimum Gasteiger partial charge on any atom is -0.274 e. The maximum atomic E-state index is 12.9. The highest BCUT2D eigenvalue weighted by atomic mass is 16.2. The number of nitrogens with zero attached hydrogens (tertiary/aromatic N) is 6. The minimum absolute atomic E-state index is 0.0464. The van der Waals surface area contributed by atoms with Gasteiger partial charge in [0.25, 0.3) is 0 Å². The van der Waals surface area contributed by atoms with E-state index in [2.05, 4.69) is 63.0 Å². The summed E-state index contributed by atoms with van der Waals surface area (Å²) in [7, 11) is 0. The molecule has 0 atom stereocenters. The quantitative estimate of drug-likeness (QED) is 0.408. The van der Waals surface area contributed by atoms with Gasteiger partial charge >= 0.3 is 5.69 Å². The summed E-state index contributed by atoms with van der Waals surface area (Å²) < 4.78 is 3.38. The molecule has 0 fully saturated rings. The number of allylic oxidation sites excluding steroid dienone is 2. The lowest BCUT2D eigenvalue weighted by Crippen LogP contribution is -2.26. The lowest BCUT2D eigenvalue weighted by molar-refractivity contribution is 0.545. The number of tetrazole rings is 1. The lowest BCUT2D eigenvalue weighted by Gasteiger charge is -2.07. The molecule has 2 heterocycles. The highest BCUT2D eigenvalue weighted by Gasteiger charge is 2.13. The number of hydrogen-bond donors (Lipinski definition) is 1. The van der Waals surface area contributed by atoms with E-state index in [1.807, 2.05) is 37.3 Å². The Balaban J connectivity index is 1.57. The number of nitrogens with one attached hydrogen (secondary N) is 1. The second kappa shape index (κ2) is 10.00. The number of aromatic nitrogens is 7. The van der Waals surface area contributed by atoms with Crippen molar-refractivity contribution in [3.63, 3.8) is 0 Å². The average molecular weight is 430 g/mol. The Morgan fingerprint density at radius 1 is 1.06 bits per heavy atom.